The molecule has 0 aromatic carbocycles. The summed E-state index contributed by atoms with van der Waals surface area (Å²) in [7, 11) is 2.00. The Balaban J connectivity index is 2.30. The molecule has 1 aromatic rings. The van der Waals surface area contributed by atoms with E-state index in [2.05, 4.69) is 63.1 Å². The van der Waals surface area contributed by atoms with Crippen molar-refractivity contribution in [2.75, 3.05) is 18.0 Å². The van der Waals surface area contributed by atoms with Crippen LogP contribution in [0.25, 0.3) is 0 Å². The van der Waals surface area contributed by atoms with Crippen LogP contribution in [0.4, 0.5) is 5.69 Å². The number of rotatable bonds is 2. The molecule has 0 aliphatic carbocycles. The Morgan fingerprint density at radius 1 is 1.35 bits per heavy atom. The Kier molecular flexibility index (Phi) is 4.14. The Labute approximate surface area is 123 Å². The van der Waals surface area contributed by atoms with E-state index in [0.29, 0.717) is 18.0 Å². The van der Waals surface area contributed by atoms with Crippen molar-refractivity contribution in [2.24, 2.45) is 18.4 Å². The van der Waals surface area contributed by atoms with Gasteiger partial charge >= 0.3 is 0 Å². The molecule has 1 saturated heterocycles. The van der Waals surface area contributed by atoms with Gasteiger partial charge < -0.3 is 10.2 Å². The first-order chi connectivity index (χ1) is 9.20. The molecule has 114 valence electrons. The molecule has 1 N–H and O–H groups in total. The summed E-state index contributed by atoms with van der Waals surface area (Å²) in [6.07, 6.45) is 2.16. The lowest BCUT2D eigenvalue weighted by atomic mass is 9.83. The molecule has 2 atom stereocenters. The van der Waals surface area contributed by atoms with Crippen LogP contribution < -0.4 is 10.2 Å². The normalized spacial score (nSPS) is 24.5. The Morgan fingerprint density at radius 2 is 2.00 bits per heavy atom. The minimum Gasteiger partial charge on any atom is -0.363 e. The van der Waals surface area contributed by atoms with Gasteiger partial charge in [-0.3, -0.25) is 4.68 Å². The van der Waals surface area contributed by atoms with Crippen molar-refractivity contribution in [1.82, 2.24) is 15.1 Å². The molecule has 2 heterocycles. The summed E-state index contributed by atoms with van der Waals surface area (Å²) in [5, 5.41) is 8.27. The Bertz CT molecular complexity index is 456. The number of nitrogens with zero attached hydrogens (tertiary/aromatic N) is 3. The molecule has 1 aliphatic heterocycles. The maximum atomic E-state index is 4.52. The van der Waals surface area contributed by atoms with Crippen molar-refractivity contribution >= 4 is 5.69 Å². The van der Waals surface area contributed by atoms with Gasteiger partial charge in [-0.1, -0.05) is 34.6 Å². The zero-order valence-corrected chi connectivity index (χ0v) is 14.1. The summed E-state index contributed by atoms with van der Waals surface area (Å²) in [6.45, 7) is 15.8. The average Bonchev–Trinajstić information content (AvgIpc) is 2.66. The minimum atomic E-state index is 0.274. The van der Waals surface area contributed by atoms with Crippen molar-refractivity contribution in [3.8, 4) is 0 Å². The molecule has 2 unspecified atom stereocenters. The minimum absolute atomic E-state index is 0.274. The van der Waals surface area contributed by atoms with Gasteiger partial charge in [-0.15, -0.1) is 0 Å². The van der Waals surface area contributed by atoms with Crippen LogP contribution in [-0.4, -0.2) is 35.0 Å². The number of hydrogen-bond donors (Lipinski definition) is 1. The van der Waals surface area contributed by atoms with Gasteiger partial charge in [-0.05, 0) is 18.3 Å². The highest BCUT2D eigenvalue weighted by atomic mass is 15.3. The average molecular weight is 278 g/mol. The first-order valence-corrected chi connectivity index (χ1v) is 7.70. The van der Waals surface area contributed by atoms with Crippen LogP contribution in [0.15, 0.2) is 6.20 Å². The fraction of sp³-hybridized carbons (Fsp3) is 0.812. The van der Waals surface area contributed by atoms with Crippen molar-refractivity contribution in [3.63, 3.8) is 0 Å². The lowest BCUT2D eigenvalue weighted by Crippen LogP contribution is -2.62. The highest BCUT2D eigenvalue weighted by Gasteiger charge is 2.36. The number of piperazine rings is 1. The van der Waals surface area contributed by atoms with Crippen LogP contribution in [0, 0.1) is 18.3 Å². The van der Waals surface area contributed by atoms with Crippen LogP contribution in [0.1, 0.15) is 40.3 Å². The Hall–Kier alpha value is -1.03. The zero-order chi connectivity index (χ0) is 15.1. The van der Waals surface area contributed by atoms with Gasteiger partial charge in [-0.2, -0.15) is 5.10 Å². The summed E-state index contributed by atoms with van der Waals surface area (Å²) in [4.78, 5) is 2.57. The van der Waals surface area contributed by atoms with E-state index in [1.54, 1.807) is 0 Å². The number of aryl methyl sites for hydroxylation is 2. The van der Waals surface area contributed by atoms with Gasteiger partial charge in [0.1, 0.15) is 0 Å². The standard InChI is InChI=1S/C16H30N4/c1-11(2)13-8-17-15(16(4,5)6)10-20(13)14-9-19(7)18-12(14)3/h9,11,13,15,17H,8,10H2,1-7H3. The fourth-order valence-electron chi connectivity index (χ4n) is 3.09. The van der Waals surface area contributed by atoms with Gasteiger partial charge in [0, 0.05) is 38.4 Å². The third-order valence-electron chi connectivity index (χ3n) is 4.46. The molecule has 0 bridgehead atoms. The fourth-order valence-corrected chi connectivity index (χ4v) is 3.09. The topological polar surface area (TPSA) is 33.1 Å². The molecule has 20 heavy (non-hydrogen) atoms. The van der Waals surface area contributed by atoms with Crippen LogP contribution in [0.2, 0.25) is 0 Å². The second-order valence-corrected chi connectivity index (χ2v) is 7.56. The number of anilines is 1. The molecule has 4 heteroatoms. The summed E-state index contributed by atoms with van der Waals surface area (Å²) in [5.41, 5.74) is 2.70. The molecule has 1 aromatic heterocycles. The van der Waals surface area contributed by atoms with E-state index in [1.807, 2.05) is 11.7 Å². The molecular formula is C16H30N4. The van der Waals surface area contributed by atoms with E-state index < -0.39 is 0 Å². The molecule has 2 rings (SSSR count). The predicted octanol–water partition coefficient (Wildman–Crippen LogP) is 2.58. The first kappa shape index (κ1) is 15.4. The van der Waals surface area contributed by atoms with Crippen molar-refractivity contribution in [3.05, 3.63) is 11.9 Å². The lowest BCUT2D eigenvalue weighted by molar-refractivity contribution is 0.220. The van der Waals surface area contributed by atoms with E-state index >= 15 is 0 Å². The molecule has 0 saturated carbocycles. The van der Waals surface area contributed by atoms with Crippen molar-refractivity contribution in [1.29, 1.82) is 0 Å². The number of aromatic nitrogens is 2. The third-order valence-corrected chi connectivity index (χ3v) is 4.46. The van der Waals surface area contributed by atoms with Crippen molar-refractivity contribution in [2.45, 2.75) is 53.6 Å². The van der Waals surface area contributed by atoms with Gasteiger partial charge in [0.15, 0.2) is 0 Å². The number of nitrogens with one attached hydrogen (secondary N) is 1. The van der Waals surface area contributed by atoms with E-state index in [1.165, 1.54) is 5.69 Å². The largest absolute Gasteiger partial charge is 0.363 e. The van der Waals surface area contributed by atoms with E-state index in [0.717, 1.165) is 18.8 Å². The van der Waals surface area contributed by atoms with Gasteiger partial charge in [0.05, 0.1) is 11.4 Å². The molecular weight excluding hydrogens is 248 g/mol. The maximum absolute atomic E-state index is 4.52. The highest BCUT2D eigenvalue weighted by Crippen LogP contribution is 2.30. The van der Waals surface area contributed by atoms with Crippen LogP contribution >= 0.6 is 0 Å². The van der Waals surface area contributed by atoms with Gasteiger partial charge in [0.25, 0.3) is 0 Å². The summed E-state index contributed by atoms with van der Waals surface area (Å²) < 4.78 is 1.93. The Morgan fingerprint density at radius 3 is 2.45 bits per heavy atom. The van der Waals surface area contributed by atoms with Gasteiger partial charge in [0.2, 0.25) is 0 Å². The molecule has 1 fully saturated rings. The van der Waals surface area contributed by atoms with Gasteiger partial charge in [-0.25, -0.2) is 0 Å². The SMILES string of the molecule is Cc1nn(C)cc1N1CC(C(C)(C)C)NCC1C(C)C. The molecule has 4 nitrogen and oxygen atoms in total. The van der Waals surface area contributed by atoms with Crippen molar-refractivity contribution < 1.29 is 0 Å². The maximum Gasteiger partial charge on any atom is 0.0827 e. The zero-order valence-electron chi connectivity index (χ0n) is 14.1. The molecule has 0 radical (unpaired) electrons. The second-order valence-electron chi connectivity index (χ2n) is 7.56. The molecule has 1 aliphatic rings. The van der Waals surface area contributed by atoms with E-state index in [4.69, 9.17) is 0 Å². The van der Waals surface area contributed by atoms with Crippen LogP contribution in [0.3, 0.4) is 0 Å². The van der Waals surface area contributed by atoms with E-state index in [9.17, 15) is 0 Å². The lowest BCUT2D eigenvalue weighted by Gasteiger charge is -2.47. The van der Waals surface area contributed by atoms with Crippen LogP contribution in [0.5, 0.6) is 0 Å². The predicted molar refractivity (Wildman–Crippen MR) is 85.2 cm³/mol. The highest BCUT2D eigenvalue weighted by molar-refractivity contribution is 5.51. The summed E-state index contributed by atoms with van der Waals surface area (Å²) in [6, 6.07) is 1.05. The quantitative estimate of drug-likeness (QED) is 0.902. The monoisotopic (exact) mass is 278 g/mol. The summed E-state index contributed by atoms with van der Waals surface area (Å²) in [5.74, 6) is 0.628. The first-order valence-electron chi connectivity index (χ1n) is 7.70. The number of hydrogen-bond acceptors (Lipinski definition) is 3. The van der Waals surface area contributed by atoms with Crippen LogP contribution in [-0.2, 0) is 7.05 Å². The molecule has 0 spiro atoms. The van der Waals surface area contributed by atoms with E-state index in [-0.39, 0.29) is 5.41 Å². The smallest absolute Gasteiger partial charge is 0.0827 e. The third kappa shape index (κ3) is 3.00. The second kappa shape index (κ2) is 5.40. The summed E-state index contributed by atoms with van der Waals surface area (Å²) >= 11 is 0. The molecule has 0 amide bonds.